The first-order valence-electron chi connectivity index (χ1n) is 7.57. The van der Waals surface area contributed by atoms with Crippen LogP contribution in [0, 0.1) is 0 Å². The molecule has 0 N–H and O–H groups in total. The average molecular weight is 324 g/mol. The number of cyclic esters (lactones) is 1. The molecule has 0 spiro atoms. The van der Waals surface area contributed by atoms with E-state index in [0.29, 0.717) is 44.0 Å². The van der Waals surface area contributed by atoms with Gasteiger partial charge < -0.3 is 14.2 Å². The van der Waals surface area contributed by atoms with Crippen LogP contribution < -0.4 is 0 Å². The third kappa shape index (κ3) is 3.02. The van der Waals surface area contributed by atoms with Crippen LogP contribution in [0.1, 0.15) is 19.3 Å². The highest BCUT2D eigenvalue weighted by molar-refractivity contribution is 7.95. The Bertz CT molecular complexity index is 572. The quantitative estimate of drug-likeness (QED) is 0.796. The van der Waals surface area contributed by atoms with Crippen LogP contribution in [0.5, 0.6) is 0 Å². The van der Waals surface area contributed by atoms with Crippen molar-refractivity contribution in [2.45, 2.75) is 30.2 Å². The Morgan fingerprint density at radius 3 is 2.45 bits per heavy atom. The monoisotopic (exact) mass is 324 g/mol. The second-order valence-electron chi connectivity index (χ2n) is 5.61. The second-order valence-corrected chi connectivity index (χ2v) is 7.55. The van der Waals surface area contributed by atoms with Crippen molar-refractivity contribution in [1.82, 2.24) is 9.21 Å². The summed E-state index contributed by atoms with van der Waals surface area (Å²) in [6.45, 7) is 2.06. The maximum absolute atomic E-state index is 12.6. The van der Waals surface area contributed by atoms with Gasteiger partial charge in [0.25, 0.3) is 0 Å². The van der Waals surface area contributed by atoms with Crippen molar-refractivity contribution >= 4 is 16.5 Å². The summed E-state index contributed by atoms with van der Waals surface area (Å²) in [5.41, 5.74) is 0. The van der Waals surface area contributed by atoms with Crippen molar-refractivity contribution < 1.29 is 18.3 Å². The van der Waals surface area contributed by atoms with Crippen LogP contribution in [0.3, 0.4) is 0 Å². The van der Waals surface area contributed by atoms with E-state index in [1.54, 1.807) is 35.2 Å². The number of amides is 1. The molecule has 0 aromatic heterocycles. The highest BCUT2D eigenvalue weighted by Crippen LogP contribution is 2.27. The number of hydrogen-bond donors (Lipinski definition) is 0. The van der Waals surface area contributed by atoms with Crippen LogP contribution in [-0.2, 0) is 19.3 Å². The first-order valence-corrected chi connectivity index (χ1v) is 9.01. The smallest absolute Gasteiger partial charge is 0.410 e. The van der Waals surface area contributed by atoms with Gasteiger partial charge in [-0.15, -0.1) is 4.31 Å². The molecular weight excluding hydrogens is 304 g/mol. The van der Waals surface area contributed by atoms with Gasteiger partial charge in [0.05, 0.1) is 6.61 Å². The fourth-order valence-electron chi connectivity index (χ4n) is 3.04. The molecule has 2 fully saturated rings. The number of carbonyl (C=O) groups is 1. The SMILES string of the molecule is O=C1OCCCN1C1CCN([S+](=O)([O-])c2ccccc2)CC1. The minimum absolute atomic E-state index is 0.0787. The van der Waals surface area contributed by atoms with Crippen LogP contribution in [0.15, 0.2) is 35.2 Å². The zero-order chi connectivity index (χ0) is 15.6. The number of benzene rings is 1. The van der Waals surface area contributed by atoms with Crippen molar-refractivity contribution in [2.75, 3.05) is 26.2 Å². The largest absolute Gasteiger partial charge is 0.593 e. The molecule has 2 heterocycles. The van der Waals surface area contributed by atoms with Gasteiger partial charge in [-0.3, -0.25) is 0 Å². The summed E-state index contributed by atoms with van der Waals surface area (Å²) in [4.78, 5) is 13.8. The summed E-state index contributed by atoms with van der Waals surface area (Å²) in [6.07, 6.45) is 1.88. The highest BCUT2D eigenvalue weighted by Gasteiger charge is 2.37. The molecule has 1 unspecified atom stereocenters. The van der Waals surface area contributed by atoms with E-state index in [4.69, 9.17) is 4.74 Å². The van der Waals surface area contributed by atoms with E-state index < -0.39 is 10.4 Å². The molecule has 1 aromatic carbocycles. The topological polar surface area (TPSA) is 72.9 Å². The summed E-state index contributed by atoms with van der Waals surface area (Å²) in [5.74, 6) is 0. The Kier molecular flexibility index (Phi) is 4.46. The van der Waals surface area contributed by atoms with Crippen LogP contribution in [0.25, 0.3) is 0 Å². The van der Waals surface area contributed by atoms with E-state index >= 15 is 0 Å². The maximum Gasteiger partial charge on any atom is 0.410 e. The zero-order valence-electron chi connectivity index (χ0n) is 12.3. The van der Waals surface area contributed by atoms with Crippen molar-refractivity contribution in [3.8, 4) is 0 Å². The first kappa shape index (κ1) is 15.5. The van der Waals surface area contributed by atoms with Gasteiger partial charge in [-0.25, -0.2) is 4.79 Å². The number of hydrogen-bond acceptors (Lipinski definition) is 4. The standard InChI is InChI=1S/C15H20N2O4S/c18-15-17(9-4-12-21-15)13-7-10-16(11-8-13)22(19,20)14-5-2-1-3-6-14/h1-3,5-6,13H,4,7-12H2. The number of nitrogens with zero attached hydrogens (tertiary/aromatic N) is 2. The lowest BCUT2D eigenvalue weighted by Crippen LogP contribution is -2.51. The molecule has 2 saturated heterocycles. The lowest BCUT2D eigenvalue weighted by atomic mass is 10.0. The fourth-order valence-corrected chi connectivity index (χ4v) is 4.53. The molecule has 0 aliphatic carbocycles. The number of rotatable bonds is 3. The molecule has 0 bridgehead atoms. The van der Waals surface area contributed by atoms with Gasteiger partial charge in [0.1, 0.15) is 0 Å². The number of piperidine rings is 1. The number of carbonyl (C=O) groups excluding carboxylic acids is 1. The maximum atomic E-state index is 12.6. The molecule has 22 heavy (non-hydrogen) atoms. The molecule has 0 radical (unpaired) electrons. The van der Waals surface area contributed by atoms with Crippen LogP contribution >= 0.6 is 0 Å². The van der Waals surface area contributed by atoms with Crippen LogP contribution in [0.2, 0.25) is 0 Å². The molecule has 1 amide bonds. The van der Waals surface area contributed by atoms with Gasteiger partial charge in [-0.1, -0.05) is 22.4 Å². The molecule has 0 saturated carbocycles. The van der Waals surface area contributed by atoms with Crippen LogP contribution in [-0.4, -0.2) is 52.1 Å². The molecule has 6 nitrogen and oxygen atoms in total. The van der Waals surface area contributed by atoms with Gasteiger partial charge in [0.2, 0.25) is 0 Å². The van der Waals surface area contributed by atoms with Crippen molar-refractivity contribution in [3.05, 3.63) is 30.3 Å². The van der Waals surface area contributed by atoms with Gasteiger partial charge in [-0.05, 0) is 31.4 Å². The Morgan fingerprint density at radius 2 is 1.82 bits per heavy atom. The first-order chi connectivity index (χ1) is 10.6. The van der Waals surface area contributed by atoms with Crippen molar-refractivity contribution in [3.63, 3.8) is 0 Å². The molecule has 1 atom stereocenters. The van der Waals surface area contributed by atoms with E-state index in [9.17, 15) is 13.6 Å². The predicted molar refractivity (Wildman–Crippen MR) is 80.8 cm³/mol. The summed E-state index contributed by atoms with van der Waals surface area (Å²) in [7, 11) is -3.43. The minimum Gasteiger partial charge on any atom is -0.593 e. The Hall–Kier alpha value is -1.44. The normalized spacial score (nSPS) is 23.9. The number of ether oxygens (including phenoxy) is 1. The molecule has 1 aromatic rings. The highest BCUT2D eigenvalue weighted by atomic mass is 32.3. The van der Waals surface area contributed by atoms with Crippen molar-refractivity contribution in [2.24, 2.45) is 0 Å². The van der Waals surface area contributed by atoms with Crippen LogP contribution in [0.4, 0.5) is 4.79 Å². The predicted octanol–water partition coefficient (Wildman–Crippen LogP) is 1.90. The van der Waals surface area contributed by atoms with Gasteiger partial charge in [0, 0.05) is 25.7 Å². The molecule has 2 aliphatic heterocycles. The lowest BCUT2D eigenvalue weighted by molar-refractivity contribution is 0.0438. The van der Waals surface area contributed by atoms with Gasteiger partial charge in [-0.2, -0.15) is 0 Å². The number of sulfonamides is 1. The lowest BCUT2D eigenvalue weighted by Gasteiger charge is -2.39. The summed E-state index contributed by atoms with van der Waals surface area (Å²) in [6, 6.07) is 8.56. The fraction of sp³-hybridized carbons (Fsp3) is 0.533. The third-order valence-electron chi connectivity index (χ3n) is 4.25. The summed E-state index contributed by atoms with van der Waals surface area (Å²) in [5, 5.41) is 0. The molecule has 120 valence electrons. The molecule has 3 rings (SSSR count). The van der Waals surface area contributed by atoms with E-state index in [1.807, 2.05) is 0 Å². The second kappa shape index (κ2) is 6.36. The van der Waals surface area contributed by atoms with Gasteiger partial charge >= 0.3 is 6.09 Å². The Balaban J connectivity index is 1.64. The Morgan fingerprint density at radius 1 is 1.14 bits per heavy atom. The summed E-state index contributed by atoms with van der Waals surface area (Å²) >= 11 is 0. The summed E-state index contributed by atoms with van der Waals surface area (Å²) < 4.78 is 31.7. The van der Waals surface area contributed by atoms with E-state index in [1.165, 1.54) is 4.31 Å². The van der Waals surface area contributed by atoms with E-state index in [2.05, 4.69) is 0 Å². The molecule has 7 heteroatoms. The third-order valence-corrected chi connectivity index (χ3v) is 6.16. The minimum atomic E-state index is -3.43. The van der Waals surface area contributed by atoms with E-state index in [-0.39, 0.29) is 12.1 Å². The van der Waals surface area contributed by atoms with Gasteiger partial charge in [0.15, 0.2) is 15.3 Å². The molecular formula is C15H20N2O4S. The Labute approximate surface area is 131 Å². The molecule has 2 aliphatic rings. The average Bonchev–Trinajstić information content (AvgIpc) is 2.56. The zero-order valence-corrected chi connectivity index (χ0v) is 13.2. The van der Waals surface area contributed by atoms with E-state index in [0.717, 1.165) is 6.42 Å². The van der Waals surface area contributed by atoms with Crippen molar-refractivity contribution in [1.29, 1.82) is 0 Å².